The summed E-state index contributed by atoms with van der Waals surface area (Å²) < 4.78 is 0. The van der Waals surface area contributed by atoms with Crippen LogP contribution in [-0.4, -0.2) is 37.5 Å². The van der Waals surface area contributed by atoms with Gasteiger partial charge in [-0.2, -0.15) is 0 Å². The number of amides is 2. The van der Waals surface area contributed by atoms with E-state index in [-0.39, 0.29) is 23.9 Å². The highest BCUT2D eigenvalue weighted by atomic mass is 16.2. The molecule has 0 aromatic carbocycles. The zero-order valence-corrected chi connectivity index (χ0v) is 21.2. The predicted octanol–water partition coefficient (Wildman–Crippen LogP) is 5.87. The van der Waals surface area contributed by atoms with Crippen molar-refractivity contribution in [3.8, 4) is 0 Å². The highest BCUT2D eigenvalue weighted by Crippen LogP contribution is 2.13. The maximum atomic E-state index is 12.0. The zero-order chi connectivity index (χ0) is 23.2. The molecule has 5 heteroatoms. The first-order valence-electron chi connectivity index (χ1n) is 13.3. The fourth-order valence-electron chi connectivity index (χ4n) is 3.96. The molecule has 0 rings (SSSR count). The second-order valence-electron chi connectivity index (χ2n) is 9.33. The van der Waals surface area contributed by atoms with E-state index in [2.05, 4.69) is 22.9 Å². The monoisotopic (exact) mass is 439 g/mol. The van der Waals surface area contributed by atoms with Gasteiger partial charge in [-0.3, -0.25) is 9.59 Å². The Bertz CT molecular complexity index is 427. The molecule has 0 saturated carbocycles. The van der Waals surface area contributed by atoms with Gasteiger partial charge in [0, 0.05) is 26.1 Å². The summed E-state index contributed by atoms with van der Waals surface area (Å²) in [6.07, 6.45) is 20.5. The highest BCUT2D eigenvalue weighted by molar-refractivity contribution is 5.81. The third-order valence-electron chi connectivity index (χ3n) is 5.85. The lowest BCUT2D eigenvalue weighted by atomic mass is 10.0. The van der Waals surface area contributed by atoms with Crippen LogP contribution < -0.4 is 16.0 Å². The van der Waals surface area contributed by atoms with Gasteiger partial charge in [-0.15, -0.1) is 0 Å². The fourth-order valence-corrected chi connectivity index (χ4v) is 3.96. The van der Waals surface area contributed by atoms with Crippen LogP contribution in [0.1, 0.15) is 130 Å². The van der Waals surface area contributed by atoms with Gasteiger partial charge in [-0.1, -0.05) is 97.8 Å². The average molecular weight is 440 g/mol. The molecule has 2 amide bonds. The number of unbranched alkanes of at least 4 members (excludes halogenated alkanes) is 13. The first-order valence-corrected chi connectivity index (χ1v) is 13.3. The van der Waals surface area contributed by atoms with Crippen LogP contribution in [0.3, 0.4) is 0 Å². The van der Waals surface area contributed by atoms with E-state index < -0.39 is 0 Å². The highest BCUT2D eigenvalue weighted by Gasteiger charge is 2.16. The first kappa shape index (κ1) is 29.9. The van der Waals surface area contributed by atoms with E-state index in [1.54, 1.807) is 7.05 Å². The first-order chi connectivity index (χ1) is 15.0. The molecule has 184 valence electrons. The predicted molar refractivity (Wildman–Crippen MR) is 133 cm³/mol. The van der Waals surface area contributed by atoms with Gasteiger partial charge in [0.05, 0.1) is 6.04 Å². The summed E-state index contributed by atoms with van der Waals surface area (Å²) in [6.45, 7) is 7.07. The third-order valence-corrected chi connectivity index (χ3v) is 5.85. The molecule has 0 heterocycles. The van der Waals surface area contributed by atoms with Crippen LogP contribution in [0, 0.1) is 0 Å². The molecule has 0 fully saturated rings. The topological polar surface area (TPSA) is 70.2 Å². The van der Waals surface area contributed by atoms with Crippen LogP contribution in [0.25, 0.3) is 0 Å². The van der Waals surface area contributed by atoms with Gasteiger partial charge in [0.15, 0.2) is 0 Å². The molecule has 0 aliphatic carbocycles. The Morgan fingerprint density at radius 2 is 1.23 bits per heavy atom. The standard InChI is InChI=1S/C26H53N3O2/c1-5-6-7-8-9-10-11-12-13-14-15-16-17-21-25(30)28-22-19-18-20-24(26(31)27-4)29-23(2)3/h23-24,29H,5-22H2,1-4H3,(H,27,31)(H,28,30)/t24-/m0/s1. The SMILES string of the molecule is CCCCCCCCCCCCCCCC(=O)NCCCC[C@H](NC(C)C)C(=O)NC. The van der Waals surface area contributed by atoms with E-state index in [4.69, 9.17) is 0 Å². The van der Waals surface area contributed by atoms with Crippen molar-refractivity contribution in [3.63, 3.8) is 0 Å². The van der Waals surface area contributed by atoms with Crippen LogP contribution in [-0.2, 0) is 9.59 Å². The smallest absolute Gasteiger partial charge is 0.236 e. The normalized spacial score (nSPS) is 12.2. The van der Waals surface area contributed by atoms with Crippen molar-refractivity contribution >= 4 is 11.8 Å². The number of hydrogen-bond acceptors (Lipinski definition) is 3. The molecule has 1 atom stereocenters. The van der Waals surface area contributed by atoms with Crippen LogP contribution in [0.15, 0.2) is 0 Å². The molecule has 0 aliphatic heterocycles. The zero-order valence-electron chi connectivity index (χ0n) is 21.2. The number of rotatable bonds is 22. The maximum Gasteiger partial charge on any atom is 0.236 e. The summed E-state index contributed by atoms with van der Waals surface area (Å²) in [6, 6.07) is 0.133. The maximum absolute atomic E-state index is 12.0. The molecule has 0 aromatic heterocycles. The second kappa shape index (κ2) is 22.1. The molecule has 0 spiro atoms. The van der Waals surface area contributed by atoms with Gasteiger partial charge in [-0.25, -0.2) is 0 Å². The molecule has 0 aromatic rings. The largest absolute Gasteiger partial charge is 0.358 e. The number of carbonyl (C=O) groups is 2. The van der Waals surface area contributed by atoms with Crippen LogP contribution >= 0.6 is 0 Å². The fraction of sp³-hybridized carbons (Fsp3) is 0.923. The van der Waals surface area contributed by atoms with E-state index in [1.165, 1.54) is 77.0 Å². The molecule has 5 nitrogen and oxygen atoms in total. The Morgan fingerprint density at radius 3 is 1.71 bits per heavy atom. The van der Waals surface area contributed by atoms with E-state index in [9.17, 15) is 9.59 Å². The third kappa shape index (κ3) is 20.6. The Kier molecular flexibility index (Phi) is 21.3. The van der Waals surface area contributed by atoms with Gasteiger partial charge in [-0.05, 0) is 25.7 Å². The Balaban J connectivity index is 3.46. The van der Waals surface area contributed by atoms with Gasteiger partial charge in [0.1, 0.15) is 0 Å². The summed E-state index contributed by atoms with van der Waals surface area (Å²) in [5.74, 6) is 0.214. The molecule has 0 radical (unpaired) electrons. The lowest BCUT2D eigenvalue weighted by Crippen LogP contribution is -2.45. The quantitative estimate of drug-likeness (QED) is 0.185. The summed E-state index contributed by atoms with van der Waals surface area (Å²) in [7, 11) is 1.67. The van der Waals surface area contributed by atoms with Crippen molar-refractivity contribution in [2.75, 3.05) is 13.6 Å². The van der Waals surface area contributed by atoms with E-state index in [1.807, 2.05) is 13.8 Å². The lowest BCUT2D eigenvalue weighted by molar-refractivity contribution is -0.123. The number of carbonyl (C=O) groups excluding carboxylic acids is 2. The van der Waals surface area contributed by atoms with Gasteiger partial charge in [0.2, 0.25) is 11.8 Å². The van der Waals surface area contributed by atoms with Gasteiger partial charge < -0.3 is 16.0 Å². The van der Waals surface area contributed by atoms with Crippen molar-refractivity contribution in [1.82, 2.24) is 16.0 Å². The van der Waals surface area contributed by atoms with Crippen LogP contribution in [0.2, 0.25) is 0 Å². The van der Waals surface area contributed by atoms with Crippen molar-refractivity contribution in [1.29, 1.82) is 0 Å². The molecular formula is C26H53N3O2. The van der Waals surface area contributed by atoms with E-state index >= 15 is 0 Å². The minimum absolute atomic E-state index is 0.0418. The van der Waals surface area contributed by atoms with Crippen molar-refractivity contribution < 1.29 is 9.59 Å². The van der Waals surface area contributed by atoms with Crippen molar-refractivity contribution in [2.24, 2.45) is 0 Å². The van der Waals surface area contributed by atoms with E-state index in [0.717, 1.165) is 25.7 Å². The Labute approximate surface area is 193 Å². The summed E-state index contributed by atoms with van der Waals surface area (Å²) in [5.41, 5.74) is 0. The molecule has 0 bridgehead atoms. The van der Waals surface area contributed by atoms with Gasteiger partial charge >= 0.3 is 0 Å². The summed E-state index contributed by atoms with van der Waals surface area (Å²) >= 11 is 0. The number of nitrogens with one attached hydrogen (secondary N) is 3. The second-order valence-corrected chi connectivity index (χ2v) is 9.33. The lowest BCUT2D eigenvalue weighted by Gasteiger charge is -2.19. The molecule has 0 unspecified atom stereocenters. The Morgan fingerprint density at radius 1 is 0.710 bits per heavy atom. The van der Waals surface area contributed by atoms with Crippen molar-refractivity contribution in [2.45, 2.75) is 142 Å². The average Bonchev–Trinajstić information content (AvgIpc) is 2.75. The number of hydrogen-bond donors (Lipinski definition) is 3. The molecule has 0 aliphatic rings. The minimum Gasteiger partial charge on any atom is -0.358 e. The molecule has 3 N–H and O–H groups in total. The molecular weight excluding hydrogens is 386 g/mol. The van der Waals surface area contributed by atoms with Crippen LogP contribution in [0.4, 0.5) is 0 Å². The molecule has 0 saturated heterocycles. The summed E-state index contributed by atoms with van der Waals surface area (Å²) in [5, 5.41) is 9.04. The summed E-state index contributed by atoms with van der Waals surface area (Å²) in [4.78, 5) is 23.8. The Hall–Kier alpha value is -1.10. The molecule has 31 heavy (non-hydrogen) atoms. The number of likely N-dealkylation sites (N-methyl/N-ethyl adjacent to an activating group) is 1. The van der Waals surface area contributed by atoms with Crippen molar-refractivity contribution in [3.05, 3.63) is 0 Å². The van der Waals surface area contributed by atoms with E-state index in [0.29, 0.717) is 13.0 Å². The minimum atomic E-state index is -0.147. The van der Waals surface area contributed by atoms with Crippen LogP contribution in [0.5, 0.6) is 0 Å². The van der Waals surface area contributed by atoms with Gasteiger partial charge in [0.25, 0.3) is 0 Å².